The summed E-state index contributed by atoms with van der Waals surface area (Å²) in [6, 6.07) is 13.0. The van der Waals surface area contributed by atoms with E-state index in [-0.39, 0.29) is 17.3 Å². The zero-order valence-electron chi connectivity index (χ0n) is 19.8. The Labute approximate surface area is 205 Å². The van der Waals surface area contributed by atoms with Crippen LogP contribution in [0.2, 0.25) is 0 Å². The second kappa shape index (κ2) is 10.4. The van der Waals surface area contributed by atoms with Gasteiger partial charge in [-0.05, 0) is 62.7 Å². The van der Waals surface area contributed by atoms with Crippen LogP contribution in [0.5, 0.6) is 0 Å². The van der Waals surface area contributed by atoms with Crippen molar-refractivity contribution in [3.8, 4) is 0 Å². The number of hydrogen-bond acceptors (Lipinski definition) is 7. The fourth-order valence-electron chi connectivity index (χ4n) is 3.37. The van der Waals surface area contributed by atoms with Gasteiger partial charge in [-0.2, -0.15) is 0 Å². The normalized spacial score (nSPS) is 12.6. The van der Waals surface area contributed by atoms with Gasteiger partial charge < -0.3 is 5.32 Å². The van der Waals surface area contributed by atoms with Gasteiger partial charge in [-0.25, -0.2) is 31.5 Å². The highest BCUT2D eigenvalue weighted by molar-refractivity contribution is 7.92. The number of carbonyl (C=O) groups is 1. The van der Waals surface area contributed by atoms with Crippen LogP contribution >= 0.6 is 0 Å². The number of sulfonamides is 2. The summed E-state index contributed by atoms with van der Waals surface area (Å²) in [4.78, 5) is 20.9. The smallest absolute Gasteiger partial charge is 0.264 e. The van der Waals surface area contributed by atoms with Gasteiger partial charge in [0.25, 0.3) is 10.0 Å². The predicted molar refractivity (Wildman–Crippen MR) is 135 cm³/mol. The number of rotatable bonds is 9. The number of carbonyl (C=O) groups excluding carboxylic acids is 1. The van der Waals surface area contributed by atoms with Crippen LogP contribution in [-0.2, 0) is 24.8 Å². The number of amides is 1. The maximum Gasteiger partial charge on any atom is 0.264 e. The minimum absolute atomic E-state index is 0.0508. The van der Waals surface area contributed by atoms with Gasteiger partial charge in [0.2, 0.25) is 21.9 Å². The lowest BCUT2D eigenvalue weighted by molar-refractivity contribution is -0.117. The number of aryl methyl sites for hydroxylation is 2. The van der Waals surface area contributed by atoms with E-state index in [1.54, 1.807) is 44.2 Å². The van der Waals surface area contributed by atoms with Crippen molar-refractivity contribution in [1.29, 1.82) is 0 Å². The van der Waals surface area contributed by atoms with Crippen LogP contribution in [0.4, 0.5) is 17.3 Å². The molecule has 0 aliphatic heterocycles. The van der Waals surface area contributed by atoms with Gasteiger partial charge in [-0.15, -0.1) is 0 Å². The molecule has 0 saturated carbocycles. The van der Waals surface area contributed by atoms with E-state index in [4.69, 9.17) is 0 Å². The van der Waals surface area contributed by atoms with E-state index in [0.717, 1.165) is 16.1 Å². The summed E-state index contributed by atoms with van der Waals surface area (Å²) in [5, 5.41) is 2.68. The molecule has 1 aromatic heterocycles. The molecule has 12 heteroatoms. The van der Waals surface area contributed by atoms with Gasteiger partial charge in [-0.1, -0.05) is 24.6 Å². The molecule has 3 rings (SSSR count). The summed E-state index contributed by atoms with van der Waals surface area (Å²) in [7, 11) is -7.71. The average Bonchev–Trinajstić information content (AvgIpc) is 2.77. The second-order valence-corrected chi connectivity index (χ2v) is 11.5. The van der Waals surface area contributed by atoms with Crippen LogP contribution in [0.1, 0.15) is 24.6 Å². The molecule has 10 nitrogen and oxygen atoms in total. The van der Waals surface area contributed by atoms with E-state index in [0.29, 0.717) is 17.1 Å². The second-order valence-electron chi connectivity index (χ2n) is 7.96. The molecule has 3 aromatic rings. The first-order valence-electron chi connectivity index (χ1n) is 10.7. The Morgan fingerprint density at radius 2 is 1.60 bits per heavy atom. The Bertz CT molecular complexity index is 1410. The number of nitrogens with zero attached hydrogens (tertiary/aromatic N) is 3. The molecule has 1 amide bonds. The molecule has 0 saturated heterocycles. The average molecular weight is 518 g/mol. The van der Waals surface area contributed by atoms with Gasteiger partial charge in [0, 0.05) is 17.6 Å². The molecule has 0 bridgehead atoms. The first kappa shape index (κ1) is 26.1. The highest BCUT2D eigenvalue weighted by Gasteiger charge is 2.31. The first-order chi connectivity index (χ1) is 16.4. The van der Waals surface area contributed by atoms with Crippen molar-refractivity contribution in [3.63, 3.8) is 0 Å². The van der Waals surface area contributed by atoms with Crippen molar-refractivity contribution >= 4 is 43.3 Å². The largest absolute Gasteiger partial charge is 0.324 e. The van der Waals surface area contributed by atoms with Crippen LogP contribution < -0.4 is 14.3 Å². The third-order valence-corrected chi connectivity index (χ3v) is 7.59. The van der Waals surface area contributed by atoms with E-state index < -0.39 is 32.0 Å². The number of anilines is 3. The van der Waals surface area contributed by atoms with E-state index in [9.17, 15) is 21.6 Å². The zero-order chi connectivity index (χ0) is 25.8. The minimum atomic E-state index is -3.94. The molecule has 2 N–H and O–H groups in total. The Hall–Kier alpha value is -3.51. The first-order valence-corrected chi connectivity index (χ1v) is 14.0. The summed E-state index contributed by atoms with van der Waals surface area (Å²) < 4.78 is 53.8. The van der Waals surface area contributed by atoms with E-state index in [2.05, 4.69) is 20.0 Å². The van der Waals surface area contributed by atoms with Gasteiger partial charge in [0.15, 0.2) is 0 Å². The molecule has 0 fully saturated rings. The van der Waals surface area contributed by atoms with Crippen LogP contribution in [0, 0.1) is 13.8 Å². The standard InChI is InChI=1S/C23H27N5O5S2/c1-5-21(28(34(4,30)31)19-10-6-16(2)7-11-19)22(29)26-18-8-12-20(13-9-18)35(32,33)27-23-24-15-14-17(3)25-23/h6-15,21H,5H2,1-4H3,(H,26,29)(H,24,25,27). The molecular formula is C23H27N5O5S2. The van der Waals surface area contributed by atoms with Gasteiger partial charge in [0.05, 0.1) is 16.8 Å². The summed E-state index contributed by atoms with van der Waals surface area (Å²) in [6.07, 6.45) is 2.71. The molecule has 0 aliphatic rings. The van der Waals surface area contributed by atoms with E-state index >= 15 is 0 Å². The fourth-order valence-corrected chi connectivity index (χ4v) is 5.53. The topological polar surface area (TPSA) is 138 Å². The summed E-state index contributed by atoms with van der Waals surface area (Å²) in [5.41, 5.74) is 2.26. The minimum Gasteiger partial charge on any atom is -0.324 e. The lowest BCUT2D eigenvalue weighted by Gasteiger charge is -2.30. The number of benzene rings is 2. The number of nitrogens with one attached hydrogen (secondary N) is 2. The number of hydrogen-bond donors (Lipinski definition) is 2. The maximum atomic E-state index is 13.1. The SMILES string of the molecule is CCC(C(=O)Nc1ccc(S(=O)(=O)Nc2nccc(C)n2)cc1)N(c1ccc(C)cc1)S(C)(=O)=O. The molecule has 1 heterocycles. The van der Waals surface area contributed by atoms with Crippen molar-refractivity contribution < 1.29 is 21.6 Å². The van der Waals surface area contributed by atoms with E-state index in [1.807, 2.05) is 6.92 Å². The molecule has 0 spiro atoms. The van der Waals surface area contributed by atoms with Gasteiger partial charge >= 0.3 is 0 Å². The Kier molecular flexibility index (Phi) is 7.76. The zero-order valence-corrected chi connectivity index (χ0v) is 21.4. The number of aromatic nitrogens is 2. The van der Waals surface area contributed by atoms with Crippen LogP contribution in [0.3, 0.4) is 0 Å². The summed E-state index contributed by atoms with van der Waals surface area (Å²) >= 11 is 0. The van der Waals surface area contributed by atoms with Gasteiger partial charge in [0.1, 0.15) is 6.04 Å². The lowest BCUT2D eigenvalue weighted by Crippen LogP contribution is -2.47. The third kappa shape index (κ3) is 6.55. The van der Waals surface area contributed by atoms with Crippen LogP contribution in [0.15, 0.2) is 65.7 Å². The lowest BCUT2D eigenvalue weighted by atomic mass is 10.1. The van der Waals surface area contributed by atoms with E-state index in [1.165, 1.54) is 30.5 Å². The molecule has 186 valence electrons. The van der Waals surface area contributed by atoms with Crippen molar-refractivity contribution in [2.45, 2.75) is 38.1 Å². The molecular weight excluding hydrogens is 490 g/mol. The Morgan fingerprint density at radius 3 is 2.14 bits per heavy atom. The monoisotopic (exact) mass is 517 g/mol. The predicted octanol–water partition coefficient (Wildman–Crippen LogP) is 3.08. The summed E-state index contributed by atoms with van der Waals surface area (Å²) in [6.45, 7) is 5.31. The molecule has 1 unspecified atom stereocenters. The van der Waals surface area contributed by atoms with Gasteiger partial charge in [-0.3, -0.25) is 9.10 Å². The van der Waals surface area contributed by atoms with Crippen LogP contribution in [-0.4, -0.2) is 45.0 Å². The summed E-state index contributed by atoms with van der Waals surface area (Å²) in [5.74, 6) is -0.592. The van der Waals surface area contributed by atoms with Crippen LogP contribution in [0.25, 0.3) is 0 Å². The highest BCUT2D eigenvalue weighted by Crippen LogP contribution is 2.24. The highest BCUT2D eigenvalue weighted by atomic mass is 32.2. The molecule has 0 aliphatic carbocycles. The third-order valence-electron chi connectivity index (χ3n) is 5.07. The Morgan fingerprint density at radius 1 is 0.971 bits per heavy atom. The Balaban J connectivity index is 1.79. The molecule has 0 radical (unpaired) electrons. The molecule has 35 heavy (non-hydrogen) atoms. The quantitative estimate of drug-likeness (QED) is 0.445. The van der Waals surface area contributed by atoms with Crippen molar-refractivity contribution in [2.75, 3.05) is 20.6 Å². The van der Waals surface area contributed by atoms with Crippen molar-refractivity contribution in [3.05, 3.63) is 72.1 Å². The van der Waals surface area contributed by atoms with Crippen molar-refractivity contribution in [1.82, 2.24) is 9.97 Å². The maximum absolute atomic E-state index is 13.1. The fraction of sp³-hybridized carbons (Fsp3) is 0.261. The molecule has 2 aromatic carbocycles. The van der Waals surface area contributed by atoms with Crippen molar-refractivity contribution in [2.24, 2.45) is 0 Å². The molecule has 1 atom stereocenters.